The minimum Gasteiger partial charge on any atom is -0.489 e. The number of hydrogen-bond donors (Lipinski definition) is 2. The lowest BCUT2D eigenvalue weighted by Gasteiger charge is -2.24. The highest BCUT2D eigenvalue weighted by Gasteiger charge is 2.28. The second kappa shape index (κ2) is 7.31. The molecule has 21 heavy (non-hydrogen) atoms. The van der Waals surface area contributed by atoms with Gasteiger partial charge < -0.3 is 20.1 Å². The SMILES string of the molecule is Cc1ccccc1OC(C)CNC(=O)N1CCC[C@H]1CO. The van der Waals surface area contributed by atoms with Crippen LogP contribution in [0.2, 0.25) is 0 Å². The molecule has 2 amide bonds. The molecule has 0 saturated carbocycles. The van der Waals surface area contributed by atoms with Gasteiger partial charge in [0.25, 0.3) is 0 Å². The van der Waals surface area contributed by atoms with Crippen LogP contribution >= 0.6 is 0 Å². The highest BCUT2D eigenvalue weighted by molar-refractivity contribution is 5.74. The molecular formula is C16H24N2O3. The fourth-order valence-electron chi connectivity index (χ4n) is 2.57. The number of aliphatic hydroxyl groups excluding tert-OH is 1. The number of ether oxygens (including phenoxy) is 1. The molecule has 1 aliphatic rings. The number of nitrogens with zero attached hydrogens (tertiary/aromatic N) is 1. The molecule has 1 saturated heterocycles. The first-order chi connectivity index (χ1) is 10.1. The molecule has 0 aromatic heterocycles. The van der Waals surface area contributed by atoms with Gasteiger partial charge in [0, 0.05) is 6.54 Å². The van der Waals surface area contributed by atoms with Crippen LogP contribution in [-0.2, 0) is 0 Å². The van der Waals surface area contributed by atoms with Crippen molar-refractivity contribution >= 4 is 6.03 Å². The third-order valence-electron chi connectivity index (χ3n) is 3.81. The summed E-state index contributed by atoms with van der Waals surface area (Å²) in [5, 5.41) is 12.1. The Bertz CT molecular complexity index is 478. The molecule has 0 bridgehead atoms. The van der Waals surface area contributed by atoms with E-state index in [4.69, 9.17) is 4.74 Å². The highest BCUT2D eigenvalue weighted by atomic mass is 16.5. The Labute approximate surface area is 125 Å². The maximum absolute atomic E-state index is 12.1. The van der Waals surface area contributed by atoms with Crippen molar-refractivity contribution in [3.05, 3.63) is 29.8 Å². The van der Waals surface area contributed by atoms with Gasteiger partial charge in [-0.1, -0.05) is 18.2 Å². The molecule has 2 N–H and O–H groups in total. The van der Waals surface area contributed by atoms with Crippen LogP contribution in [0.25, 0.3) is 0 Å². The number of amides is 2. The summed E-state index contributed by atoms with van der Waals surface area (Å²) in [4.78, 5) is 13.8. The molecular weight excluding hydrogens is 268 g/mol. The monoisotopic (exact) mass is 292 g/mol. The lowest BCUT2D eigenvalue weighted by molar-refractivity contribution is 0.151. The lowest BCUT2D eigenvalue weighted by atomic mass is 10.2. The van der Waals surface area contributed by atoms with E-state index in [1.807, 2.05) is 38.1 Å². The molecule has 2 rings (SSSR count). The lowest BCUT2D eigenvalue weighted by Crippen LogP contribution is -2.46. The van der Waals surface area contributed by atoms with Crippen LogP contribution in [0.15, 0.2) is 24.3 Å². The van der Waals surface area contributed by atoms with Crippen molar-refractivity contribution in [1.29, 1.82) is 0 Å². The van der Waals surface area contributed by atoms with Gasteiger partial charge in [-0.15, -0.1) is 0 Å². The molecule has 0 aliphatic carbocycles. The highest BCUT2D eigenvalue weighted by Crippen LogP contribution is 2.18. The summed E-state index contributed by atoms with van der Waals surface area (Å²) < 4.78 is 5.83. The standard InChI is InChI=1S/C16H24N2O3/c1-12-6-3-4-8-15(12)21-13(2)10-17-16(20)18-9-5-7-14(18)11-19/h3-4,6,8,13-14,19H,5,7,9-11H2,1-2H3,(H,17,20)/t13?,14-/m0/s1. The van der Waals surface area contributed by atoms with Gasteiger partial charge in [-0.25, -0.2) is 4.79 Å². The van der Waals surface area contributed by atoms with Gasteiger partial charge in [-0.2, -0.15) is 0 Å². The van der Waals surface area contributed by atoms with Gasteiger partial charge in [0.2, 0.25) is 0 Å². The van der Waals surface area contributed by atoms with Crippen molar-refractivity contribution in [3.8, 4) is 5.75 Å². The number of aliphatic hydroxyl groups is 1. The molecule has 1 aliphatic heterocycles. The first-order valence-corrected chi connectivity index (χ1v) is 7.49. The number of nitrogens with one attached hydrogen (secondary N) is 1. The van der Waals surface area contributed by atoms with E-state index in [0.717, 1.165) is 24.2 Å². The third-order valence-corrected chi connectivity index (χ3v) is 3.81. The van der Waals surface area contributed by atoms with E-state index in [-0.39, 0.29) is 24.8 Å². The second-order valence-corrected chi connectivity index (χ2v) is 5.55. The number of aryl methyl sites for hydroxylation is 1. The minimum absolute atomic E-state index is 0.0304. The predicted molar refractivity (Wildman–Crippen MR) is 81.5 cm³/mol. The fourth-order valence-corrected chi connectivity index (χ4v) is 2.57. The van der Waals surface area contributed by atoms with Crippen LogP contribution in [0.4, 0.5) is 4.79 Å². The molecule has 1 heterocycles. The summed E-state index contributed by atoms with van der Waals surface area (Å²) in [6, 6.07) is 7.66. The van der Waals surface area contributed by atoms with Crippen molar-refractivity contribution in [2.24, 2.45) is 0 Å². The zero-order valence-corrected chi connectivity index (χ0v) is 12.7. The van der Waals surface area contributed by atoms with E-state index in [9.17, 15) is 9.90 Å². The molecule has 1 unspecified atom stereocenters. The number of hydrogen-bond acceptors (Lipinski definition) is 3. The van der Waals surface area contributed by atoms with Crippen LogP contribution < -0.4 is 10.1 Å². The van der Waals surface area contributed by atoms with E-state index in [0.29, 0.717) is 13.1 Å². The number of benzene rings is 1. The van der Waals surface area contributed by atoms with E-state index in [1.54, 1.807) is 4.90 Å². The van der Waals surface area contributed by atoms with Crippen LogP contribution in [-0.4, -0.2) is 47.9 Å². The topological polar surface area (TPSA) is 61.8 Å². The van der Waals surface area contributed by atoms with Crippen LogP contribution in [0.1, 0.15) is 25.3 Å². The van der Waals surface area contributed by atoms with E-state index < -0.39 is 0 Å². The Kier molecular flexibility index (Phi) is 5.44. The van der Waals surface area contributed by atoms with Gasteiger partial charge in [0.15, 0.2) is 0 Å². The maximum atomic E-state index is 12.1. The van der Waals surface area contributed by atoms with Gasteiger partial charge >= 0.3 is 6.03 Å². The molecule has 1 aromatic carbocycles. The number of para-hydroxylation sites is 1. The molecule has 1 aromatic rings. The van der Waals surface area contributed by atoms with E-state index in [1.165, 1.54) is 0 Å². The normalized spacial score (nSPS) is 19.4. The average Bonchev–Trinajstić information content (AvgIpc) is 2.96. The molecule has 1 fully saturated rings. The zero-order valence-electron chi connectivity index (χ0n) is 12.7. The Morgan fingerprint density at radius 3 is 3.00 bits per heavy atom. The number of likely N-dealkylation sites (tertiary alicyclic amines) is 1. The van der Waals surface area contributed by atoms with Gasteiger partial charge in [-0.3, -0.25) is 0 Å². The quantitative estimate of drug-likeness (QED) is 0.871. The maximum Gasteiger partial charge on any atom is 0.317 e. The first kappa shape index (κ1) is 15.6. The summed E-state index contributed by atoms with van der Waals surface area (Å²) in [6.07, 6.45) is 1.72. The predicted octanol–water partition coefficient (Wildman–Crippen LogP) is 1.93. The van der Waals surface area contributed by atoms with Crippen LogP contribution in [0.3, 0.4) is 0 Å². The fraction of sp³-hybridized carbons (Fsp3) is 0.562. The molecule has 5 heteroatoms. The van der Waals surface area contributed by atoms with Crippen LogP contribution in [0, 0.1) is 6.92 Å². The summed E-state index contributed by atoms with van der Waals surface area (Å²) in [5.41, 5.74) is 1.08. The smallest absolute Gasteiger partial charge is 0.317 e. The third kappa shape index (κ3) is 4.11. The summed E-state index contributed by atoms with van der Waals surface area (Å²) in [6.45, 7) is 5.12. The Hall–Kier alpha value is -1.75. The largest absolute Gasteiger partial charge is 0.489 e. The summed E-state index contributed by atoms with van der Waals surface area (Å²) in [7, 11) is 0. The molecule has 0 spiro atoms. The van der Waals surface area contributed by atoms with Crippen molar-refractivity contribution < 1.29 is 14.6 Å². The zero-order chi connectivity index (χ0) is 15.2. The Morgan fingerprint density at radius 2 is 2.29 bits per heavy atom. The molecule has 5 nitrogen and oxygen atoms in total. The summed E-state index contributed by atoms with van der Waals surface area (Å²) >= 11 is 0. The van der Waals surface area contributed by atoms with E-state index in [2.05, 4.69) is 5.32 Å². The Balaban J connectivity index is 1.80. The van der Waals surface area contributed by atoms with Crippen molar-refractivity contribution in [2.75, 3.05) is 19.7 Å². The number of urea groups is 1. The second-order valence-electron chi connectivity index (χ2n) is 5.55. The average molecular weight is 292 g/mol. The van der Waals surface area contributed by atoms with Crippen molar-refractivity contribution in [2.45, 2.75) is 38.8 Å². The molecule has 116 valence electrons. The summed E-state index contributed by atoms with van der Waals surface area (Å²) in [5.74, 6) is 0.841. The Morgan fingerprint density at radius 1 is 1.52 bits per heavy atom. The number of rotatable bonds is 5. The van der Waals surface area contributed by atoms with Crippen LogP contribution in [0.5, 0.6) is 5.75 Å². The number of carbonyl (C=O) groups excluding carboxylic acids is 1. The first-order valence-electron chi connectivity index (χ1n) is 7.49. The van der Waals surface area contributed by atoms with Gasteiger partial charge in [0.1, 0.15) is 11.9 Å². The van der Waals surface area contributed by atoms with Crippen molar-refractivity contribution in [3.63, 3.8) is 0 Å². The van der Waals surface area contributed by atoms with E-state index >= 15 is 0 Å². The van der Waals surface area contributed by atoms with Crippen molar-refractivity contribution in [1.82, 2.24) is 10.2 Å². The minimum atomic E-state index is -0.119. The number of carbonyl (C=O) groups is 1. The van der Waals surface area contributed by atoms with Gasteiger partial charge in [0.05, 0.1) is 19.2 Å². The molecule has 2 atom stereocenters. The van der Waals surface area contributed by atoms with Gasteiger partial charge in [-0.05, 0) is 38.3 Å². The molecule has 0 radical (unpaired) electrons.